The Bertz CT molecular complexity index is 1720. The number of aryl methyl sites for hydroxylation is 2. The molecule has 40 heavy (non-hydrogen) atoms. The maximum atomic E-state index is 13.7. The Labute approximate surface area is 249 Å². The number of aliphatic hydroxyl groups excluding tert-OH is 1. The number of nitro groups is 1. The van der Waals surface area contributed by atoms with Crippen molar-refractivity contribution in [2.24, 2.45) is 0 Å². The largest absolute Gasteiger partial charge is 0.503 e. The van der Waals surface area contributed by atoms with Gasteiger partial charge in [-0.1, -0.05) is 64.5 Å². The fourth-order valence-electron chi connectivity index (χ4n) is 4.16. The van der Waals surface area contributed by atoms with E-state index in [1.54, 1.807) is 38.1 Å². The molecule has 4 aromatic rings. The van der Waals surface area contributed by atoms with Gasteiger partial charge in [0.25, 0.3) is 11.6 Å². The number of nitro benzene ring substituents is 1. The third-order valence-corrected chi connectivity index (χ3v) is 9.69. The zero-order chi connectivity index (χ0) is 28.7. The number of carbonyl (C=O) groups is 2. The number of amides is 1. The molecular formula is C25H17Cl2N5O5S3. The Morgan fingerprint density at radius 3 is 2.62 bits per heavy atom. The van der Waals surface area contributed by atoms with Crippen LogP contribution in [-0.4, -0.2) is 36.9 Å². The summed E-state index contributed by atoms with van der Waals surface area (Å²) in [5.41, 5.74) is 1.08. The number of Topliss-reactive ketones (excluding diaryl/α,β-unsaturated/α-hetero) is 1. The summed E-state index contributed by atoms with van der Waals surface area (Å²) in [7, 11) is 0. The highest BCUT2D eigenvalue weighted by Gasteiger charge is 2.47. The smallest absolute Gasteiger partial charge is 0.296 e. The van der Waals surface area contributed by atoms with E-state index in [1.807, 2.05) is 0 Å². The van der Waals surface area contributed by atoms with Crippen LogP contribution in [-0.2, 0) is 10.5 Å². The number of aromatic nitrogens is 3. The van der Waals surface area contributed by atoms with E-state index in [0.29, 0.717) is 30.8 Å². The molecule has 0 bridgehead atoms. The lowest BCUT2D eigenvalue weighted by molar-refractivity contribution is -0.384. The molecule has 0 aliphatic carbocycles. The molecule has 0 radical (unpaired) electrons. The van der Waals surface area contributed by atoms with E-state index < -0.39 is 28.4 Å². The molecule has 1 aliphatic rings. The standard InChI is InChI=1S/C25H17Cl2N5O5S3/c1-11-22(39-12(2)28-11)20(33)18-19(13-4-3-5-16(8-13)32(36)37)31(23(35)21(18)34)24-29-30-25(40-24)38-10-14-6-7-15(26)9-17(14)27/h3-9,19,34H,10H2,1-2H3. The van der Waals surface area contributed by atoms with Crippen LogP contribution in [0.15, 0.2) is 58.1 Å². The summed E-state index contributed by atoms with van der Waals surface area (Å²) in [5.74, 6) is -1.77. The van der Waals surface area contributed by atoms with Crippen molar-refractivity contribution in [3.8, 4) is 0 Å². The predicted octanol–water partition coefficient (Wildman–Crippen LogP) is 6.90. The number of anilines is 1. The molecule has 1 unspecified atom stereocenters. The average molecular weight is 635 g/mol. The predicted molar refractivity (Wildman–Crippen MR) is 155 cm³/mol. The van der Waals surface area contributed by atoms with Crippen LogP contribution in [0, 0.1) is 24.0 Å². The Morgan fingerprint density at radius 1 is 1.18 bits per heavy atom. The normalized spacial score (nSPS) is 15.2. The molecule has 0 fully saturated rings. The number of thiazole rings is 1. The van der Waals surface area contributed by atoms with E-state index in [4.69, 9.17) is 23.2 Å². The summed E-state index contributed by atoms with van der Waals surface area (Å²) in [6.07, 6.45) is 0. The summed E-state index contributed by atoms with van der Waals surface area (Å²) < 4.78 is 0.500. The topological polar surface area (TPSA) is 139 Å². The van der Waals surface area contributed by atoms with E-state index in [9.17, 15) is 24.8 Å². The highest BCUT2D eigenvalue weighted by atomic mass is 35.5. The fourth-order valence-corrected chi connectivity index (χ4v) is 7.46. The molecule has 0 saturated carbocycles. The number of carbonyl (C=O) groups excluding carboxylic acids is 2. The summed E-state index contributed by atoms with van der Waals surface area (Å²) in [6.45, 7) is 3.40. The van der Waals surface area contributed by atoms with Gasteiger partial charge in [0.05, 0.1) is 32.1 Å². The third-order valence-electron chi connectivity index (χ3n) is 5.93. The van der Waals surface area contributed by atoms with Crippen molar-refractivity contribution < 1.29 is 19.6 Å². The minimum atomic E-state index is -1.18. The molecule has 204 valence electrons. The highest BCUT2D eigenvalue weighted by molar-refractivity contribution is 8.00. The van der Waals surface area contributed by atoms with Crippen LogP contribution >= 0.6 is 57.6 Å². The second kappa shape index (κ2) is 11.3. The lowest BCUT2D eigenvalue weighted by atomic mass is 9.95. The highest BCUT2D eigenvalue weighted by Crippen LogP contribution is 2.45. The van der Waals surface area contributed by atoms with Crippen molar-refractivity contribution in [1.29, 1.82) is 0 Å². The van der Waals surface area contributed by atoms with E-state index >= 15 is 0 Å². The molecule has 10 nitrogen and oxygen atoms in total. The maximum absolute atomic E-state index is 13.7. The molecule has 5 rings (SSSR count). The van der Waals surface area contributed by atoms with Crippen LogP contribution in [0.3, 0.4) is 0 Å². The molecule has 1 amide bonds. The Balaban J connectivity index is 1.53. The second-order valence-corrected chi connectivity index (χ2v) is 12.8. The van der Waals surface area contributed by atoms with Gasteiger partial charge in [-0.15, -0.1) is 21.5 Å². The van der Waals surface area contributed by atoms with Gasteiger partial charge in [-0.25, -0.2) is 4.98 Å². The molecule has 3 heterocycles. The van der Waals surface area contributed by atoms with Crippen LogP contribution in [0.4, 0.5) is 10.8 Å². The molecule has 1 atom stereocenters. The number of ketones is 1. The van der Waals surface area contributed by atoms with Crippen molar-refractivity contribution in [2.45, 2.75) is 30.0 Å². The first-order chi connectivity index (χ1) is 19.0. The van der Waals surface area contributed by atoms with Gasteiger partial charge in [0.15, 0.2) is 10.1 Å². The molecule has 2 aromatic heterocycles. The van der Waals surface area contributed by atoms with Gasteiger partial charge in [-0.3, -0.25) is 24.6 Å². The lowest BCUT2D eigenvalue weighted by Gasteiger charge is -2.23. The zero-order valence-corrected chi connectivity index (χ0v) is 24.6. The quantitative estimate of drug-likeness (QED) is 0.0721. The number of aliphatic hydroxyl groups is 1. The molecule has 1 aliphatic heterocycles. The number of non-ortho nitro benzene ring substituents is 1. The van der Waals surface area contributed by atoms with Crippen LogP contribution in [0.1, 0.15) is 37.5 Å². The Kier molecular flexibility index (Phi) is 7.93. The summed E-state index contributed by atoms with van der Waals surface area (Å²) in [5, 5.41) is 32.6. The van der Waals surface area contributed by atoms with E-state index in [0.717, 1.165) is 33.1 Å². The minimum absolute atomic E-state index is 0.109. The second-order valence-electron chi connectivity index (χ2n) is 8.54. The number of rotatable bonds is 8. The minimum Gasteiger partial charge on any atom is -0.503 e. The summed E-state index contributed by atoms with van der Waals surface area (Å²) in [6, 6.07) is 9.54. The van der Waals surface area contributed by atoms with Crippen LogP contribution in [0.5, 0.6) is 0 Å². The van der Waals surface area contributed by atoms with E-state index in [-0.39, 0.29) is 26.8 Å². The Morgan fingerprint density at radius 2 is 1.95 bits per heavy atom. The average Bonchev–Trinajstić information content (AvgIpc) is 3.59. The van der Waals surface area contributed by atoms with E-state index in [2.05, 4.69) is 15.2 Å². The number of thioether (sulfide) groups is 1. The maximum Gasteiger partial charge on any atom is 0.296 e. The van der Waals surface area contributed by atoms with Crippen molar-refractivity contribution in [1.82, 2.24) is 15.2 Å². The van der Waals surface area contributed by atoms with Gasteiger partial charge in [0.1, 0.15) is 0 Å². The first-order valence-electron chi connectivity index (χ1n) is 11.4. The zero-order valence-electron chi connectivity index (χ0n) is 20.6. The third kappa shape index (κ3) is 5.34. The van der Waals surface area contributed by atoms with Gasteiger partial charge in [0, 0.05) is 27.9 Å². The van der Waals surface area contributed by atoms with Crippen molar-refractivity contribution >= 4 is 80.1 Å². The monoisotopic (exact) mass is 633 g/mol. The molecule has 15 heteroatoms. The number of halogens is 2. The first-order valence-corrected chi connectivity index (χ1v) is 14.8. The fraction of sp³-hybridized carbons (Fsp3) is 0.160. The van der Waals surface area contributed by atoms with Crippen molar-refractivity contribution in [3.05, 3.63) is 101 Å². The molecule has 1 N–H and O–H groups in total. The van der Waals surface area contributed by atoms with E-state index in [1.165, 1.54) is 30.0 Å². The molecule has 0 spiro atoms. The van der Waals surface area contributed by atoms with Crippen molar-refractivity contribution in [2.75, 3.05) is 4.90 Å². The van der Waals surface area contributed by atoms with Crippen LogP contribution < -0.4 is 4.90 Å². The number of hydrogen-bond acceptors (Lipinski definition) is 11. The number of nitrogens with zero attached hydrogens (tertiary/aromatic N) is 5. The van der Waals surface area contributed by atoms with Gasteiger partial charge in [-0.2, -0.15) is 0 Å². The van der Waals surface area contributed by atoms with Crippen LogP contribution in [0.2, 0.25) is 10.0 Å². The van der Waals surface area contributed by atoms with Crippen LogP contribution in [0.25, 0.3) is 0 Å². The van der Waals surface area contributed by atoms with Gasteiger partial charge >= 0.3 is 0 Å². The lowest BCUT2D eigenvalue weighted by Crippen LogP contribution is -2.31. The van der Waals surface area contributed by atoms with Gasteiger partial charge < -0.3 is 5.11 Å². The number of benzene rings is 2. The Hall–Kier alpha value is -3.36. The molecule has 0 saturated heterocycles. The van der Waals surface area contributed by atoms with Gasteiger partial charge in [-0.05, 0) is 37.1 Å². The molecular weight excluding hydrogens is 617 g/mol. The van der Waals surface area contributed by atoms with Crippen molar-refractivity contribution in [3.63, 3.8) is 0 Å². The SMILES string of the molecule is Cc1nc(C)c(C(=O)C2=C(O)C(=O)N(c3nnc(SCc4ccc(Cl)cc4Cl)s3)C2c2cccc([N+](=O)[O-])c2)s1. The first kappa shape index (κ1) is 28.2. The number of hydrogen-bond donors (Lipinski definition) is 1. The van der Waals surface area contributed by atoms with Gasteiger partial charge in [0.2, 0.25) is 10.9 Å². The summed E-state index contributed by atoms with van der Waals surface area (Å²) >= 11 is 15.8. The summed E-state index contributed by atoms with van der Waals surface area (Å²) in [4.78, 5) is 43.8. The molecule has 2 aromatic carbocycles.